The van der Waals surface area contributed by atoms with Crippen molar-refractivity contribution in [3.05, 3.63) is 0 Å². The maximum Gasteiger partial charge on any atom is 0.244 e. The molecule has 3 fully saturated rings. The standard InChI is InChI=1S/C27H45N5O5/c1-26(2,3)21(28)24(36)32-15-18(33)14-27(32,25(30)37)19(16-10-6-4-7-11-16)23(35)31-20(22(29)34)17-12-8-5-9-13-17/h16-17,19-21H,4-15,28H2,1-3H3,(H2,29,34)(H2,30,37)(H,31,35)/t19-,20+,21-,27?/m1/s1. The van der Waals surface area contributed by atoms with Crippen LogP contribution in [0.25, 0.3) is 0 Å². The van der Waals surface area contributed by atoms with Gasteiger partial charge < -0.3 is 27.4 Å². The quantitative estimate of drug-likeness (QED) is 0.373. The summed E-state index contributed by atoms with van der Waals surface area (Å²) in [6, 6.07) is -1.89. The molecule has 7 N–H and O–H groups in total. The fourth-order valence-electron chi connectivity index (χ4n) is 6.65. The van der Waals surface area contributed by atoms with E-state index in [2.05, 4.69) is 5.32 Å². The van der Waals surface area contributed by atoms with Crippen molar-refractivity contribution >= 4 is 29.4 Å². The number of nitrogens with one attached hydrogen (secondary N) is 1. The number of rotatable bonds is 8. The number of primary amides is 2. The Bertz CT molecular complexity index is 903. The highest BCUT2D eigenvalue weighted by atomic mass is 16.2. The van der Waals surface area contributed by atoms with Crippen LogP contribution in [0.1, 0.15) is 91.4 Å². The minimum atomic E-state index is -1.85. The Hall–Kier alpha value is -2.49. The summed E-state index contributed by atoms with van der Waals surface area (Å²) < 4.78 is 0. The molecule has 1 saturated heterocycles. The van der Waals surface area contributed by atoms with Crippen molar-refractivity contribution in [1.82, 2.24) is 10.2 Å². The Balaban J connectivity index is 2.06. The lowest BCUT2D eigenvalue weighted by atomic mass is 9.67. The van der Waals surface area contributed by atoms with Crippen LogP contribution < -0.4 is 22.5 Å². The van der Waals surface area contributed by atoms with Crippen molar-refractivity contribution < 1.29 is 24.0 Å². The molecule has 0 aromatic rings. The van der Waals surface area contributed by atoms with Crippen LogP contribution >= 0.6 is 0 Å². The highest BCUT2D eigenvalue weighted by molar-refractivity contribution is 6.06. The van der Waals surface area contributed by atoms with Gasteiger partial charge in [-0.3, -0.25) is 24.0 Å². The Morgan fingerprint density at radius 1 is 0.919 bits per heavy atom. The molecule has 10 heteroatoms. The number of likely N-dealkylation sites (tertiary alicyclic amines) is 1. The van der Waals surface area contributed by atoms with E-state index < -0.39 is 52.6 Å². The lowest BCUT2D eigenvalue weighted by Crippen LogP contribution is -2.68. The van der Waals surface area contributed by atoms with Crippen LogP contribution in [0, 0.1) is 23.2 Å². The molecular formula is C27H45N5O5. The summed E-state index contributed by atoms with van der Waals surface area (Å²) in [5.74, 6) is -4.45. The van der Waals surface area contributed by atoms with Gasteiger partial charge in [0.05, 0.1) is 18.5 Å². The first kappa shape index (κ1) is 29.1. The Labute approximate surface area is 219 Å². The molecule has 37 heavy (non-hydrogen) atoms. The normalized spacial score (nSPS) is 26.4. The molecule has 1 heterocycles. The van der Waals surface area contributed by atoms with Crippen LogP contribution in [0.5, 0.6) is 0 Å². The van der Waals surface area contributed by atoms with E-state index in [1.165, 1.54) is 4.90 Å². The molecule has 0 spiro atoms. The number of hydrogen-bond acceptors (Lipinski definition) is 6. The van der Waals surface area contributed by atoms with Gasteiger partial charge in [-0.2, -0.15) is 0 Å². The summed E-state index contributed by atoms with van der Waals surface area (Å²) in [7, 11) is 0. The SMILES string of the molecule is CC(C)(C)[C@H](N)C(=O)N1CC(=O)CC1(C(N)=O)[C@@H](C(=O)N[C@H](C(N)=O)C1CCCCC1)C1CCCCC1. The number of hydrogen-bond donors (Lipinski definition) is 4. The molecule has 0 radical (unpaired) electrons. The predicted molar refractivity (Wildman–Crippen MR) is 138 cm³/mol. The van der Waals surface area contributed by atoms with E-state index >= 15 is 0 Å². The van der Waals surface area contributed by atoms with Crippen molar-refractivity contribution in [1.29, 1.82) is 0 Å². The lowest BCUT2D eigenvalue weighted by molar-refractivity contribution is -0.156. The third-order valence-corrected chi connectivity index (χ3v) is 8.82. The van der Waals surface area contributed by atoms with Gasteiger partial charge in [0.25, 0.3) is 0 Å². The number of amides is 4. The molecule has 3 aliphatic rings. The van der Waals surface area contributed by atoms with Crippen molar-refractivity contribution in [2.75, 3.05) is 6.54 Å². The summed E-state index contributed by atoms with van der Waals surface area (Å²) in [5.41, 5.74) is 15.6. The number of Topliss-reactive ketones (excluding diaryl/α,β-unsaturated/α-hetero) is 1. The number of nitrogens with zero attached hydrogens (tertiary/aromatic N) is 1. The molecule has 2 aliphatic carbocycles. The van der Waals surface area contributed by atoms with Gasteiger partial charge in [0, 0.05) is 6.42 Å². The number of nitrogens with two attached hydrogens (primary N) is 3. The molecule has 0 aromatic heterocycles. The van der Waals surface area contributed by atoms with Crippen LogP contribution in [0.4, 0.5) is 0 Å². The van der Waals surface area contributed by atoms with E-state index in [4.69, 9.17) is 17.2 Å². The van der Waals surface area contributed by atoms with Crippen LogP contribution in [-0.2, 0) is 24.0 Å². The van der Waals surface area contributed by atoms with Crippen LogP contribution in [-0.4, -0.2) is 58.5 Å². The van der Waals surface area contributed by atoms with Crippen LogP contribution in [0.2, 0.25) is 0 Å². The number of carbonyl (C=O) groups excluding carboxylic acids is 5. The molecule has 208 valence electrons. The van der Waals surface area contributed by atoms with Crippen molar-refractivity contribution in [3.8, 4) is 0 Å². The van der Waals surface area contributed by atoms with Gasteiger partial charge in [0.2, 0.25) is 23.6 Å². The second kappa shape index (κ2) is 11.5. The third kappa shape index (κ3) is 5.99. The first-order valence-corrected chi connectivity index (χ1v) is 13.8. The maximum atomic E-state index is 14.1. The summed E-state index contributed by atoms with van der Waals surface area (Å²) in [6.07, 6.45) is 8.17. The smallest absolute Gasteiger partial charge is 0.244 e. The first-order valence-electron chi connectivity index (χ1n) is 13.8. The van der Waals surface area contributed by atoms with E-state index in [0.717, 1.165) is 51.4 Å². The van der Waals surface area contributed by atoms with Crippen LogP contribution in [0.3, 0.4) is 0 Å². The van der Waals surface area contributed by atoms with E-state index in [1.807, 2.05) is 0 Å². The zero-order valence-electron chi connectivity index (χ0n) is 22.6. The molecule has 2 saturated carbocycles. The summed E-state index contributed by atoms with van der Waals surface area (Å²) in [5, 5.41) is 2.87. The van der Waals surface area contributed by atoms with Gasteiger partial charge >= 0.3 is 0 Å². The largest absolute Gasteiger partial charge is 0.368 e. The average Bonchev–Trinajstić information content (AvgIpc) is 3.20. The molecule has 1 unspecified atom stereocenters. The Morgan fingerprint density at radius 2 is 1.43 bits per heavy atom. The average molecular weight is 520 g/mol. The van der Waals surface area contributed by atoms with Gasteiger partial charge in [-0.1, -0.05) is 59.3 Å². The van der Waals surface area contributed by atoms with Crippen molar-refractivity contribution in [3.63, 3.8) is 0 Å². The number of carbonyl (C=O) groups is 5. The lowest BCUT2D eigenvalue weighted by Gasteiger charge is -2.46. The van der Waals surface area contributed by atoms with Gasteiger partial charge in [-0.05, 0) is 42.9 Å². The second-order valence-corrected chi connectivity index (χ2v) is 12.4. The highest BCUT2D eigenvalue weighted by Gasteiger charge is 2.62. The topological polar surface area (TPSA) is 179 Å². The molecule has 0 bridgehead atoms. The second-order valence-electron chi connectivity index (χ2n) is 12.4. The Morgan fingerprint density at radius 3 is 1.89 bits per heavy atom. The molecule has 10 nitrogen and oxygen atoms in total. The summed E-state index contributed by atoms with van der Waals surface area (Å²) in [4.78, 5) is 67.7. The zero-order chi connectivity index (χ0) is 27.5. The fourth-order valence-corrected chi connectivity index (χ4v) is 6.65. The molecule has 4 amide bonds. The van der Waals surface area contributed by atoms with Crippen molar-refractivity contribution in [2.24, 2.45) is 40.4 Å². The first-order chi connectivity index (χ1) is 17.3. The summed E-state index contributed by atoms with van der Waals surface area (Å²) in [6.45, 7) is 5.06. The summed E-state index contributed by atoms with van der Waals surface area (Å²) >= 11 is 0. The molecule has 4 atom stereocenters. The monoisotopic (exact) mass is 519 g/mol. The minimum Gasteiger partial charge on any atom is -0.368 e. The molecule has 0 aromatic carbocycles. The molecular weight excluding hydrogens is 474 g/mol. The third-order valence-electron chi connectivity index (χ3n) is 8.82. The van der Waals surface area contributed by atoms with E-state index in [9.17, 15) is 24.0 Å². The van der Waals surface area contributed by atoms with Gasteiger partial charge in [-0.15, -0.1) is 0 Å². The van der Waals surface area contributed by atoms with Gasteiger partial charge in [-0.25, -0.2) is 0 Å². The van der Waals surface area contributed by atoms with Crippen LogP contribution in [0.15, 0.2) is 0 Å². The van der Waals surface area contributed by atoms with E-state index in [1.54, 1.807) is 20.8 Å². The highest BCUT2D eigenvalue weighted by Crippen LogP contribution is 2.44. The van der Waals surface area contributed by atoms with E-state index in [0.29, 0.717) is 12.8 Å². The number of ketones is 1. The fraction of sp³-hybridized carbons (Fsp3) is 0.815. The zero-order valence-corrected chi connectivity index (χ0v) is 22.6. The maximum absolute atomic E-state index is 14.1. The Kier molecular flexibility index (Phi) is 9.03. The van der Waals surface area contributed by atoms with Gasteiger partial charge in [0.1, 0.15) is 11.6 Å². The minimum absolute atomic E-state index is 0.0935. The van der Waals surface area contributed by atoms with E-state index in [-0.39, 0.29) is 30.6 Å². The molecule has 3 rings (SSSR count). The molecule has 1 aliphatic heterocycles. The predicted octanol–water partition coefficient (Wildman–Crippen LogP) is 1.13. The van der Waals surface area contributed by atoms with Crippen molar-refractivity contribution in [2.45, 2.75) is 109 Å². The van der Waals surface area contributed by atoms with Gasteiger partial charge in [0.15, 0.2) is 5.78 Å².